The third-order valence-corrected chi connectivity index (χ3v) is 21.5. The minimum atomic E-state index is -0.285. The van der Waals surface area contributed by atoms with Gasteiger partial charge in [-0.25, -0.2) is 0 Å². The number of morpholine rings is 1. The summed E-state index contributed by atoms with van der Waals surface area (Å²) in [6.07, 6.45) is 19.9. The fraction of sp³-hybridized carbons (Fsp3) is 0.987. The summed E-state index contributed by atoms with van der Waals surface area (Å²) < 4.78 is 15.7. The van der Waals surface area contributed by atoms with Gasteiger partial charge in [-0.2, -0.15) is 5.06 Å². The lowest BCUT2D eigenvalue weighted by atomic mass is 10.1. The number of hydrogen-bond acceptors (Lipinski definition) is 17. The van der Waals surface area contributed by atoms with Crippen LogP contribution in [0.4, 0.5) is 0 Å². The van der Waals surface area contributed by atoms with Crippen molar-refractivity contribution in [1.29, 1.82) is 0 Å². The molecule has 0 amide bonds. The summed E-state index contributed by atoms with van der Waals surface area (Å²) in [4.78, 5) is 39.1. The van der Waals surface area contributed by atoms with Gasteiger partial charge in [0.1, 0.15) is 5.78 Å². The zero-order valence-corrected chi connectivity index (χ0v) is 65.7. The number of carbonyl (C=O) groups excluding carboxylic acids is 1. The smallest absolute Gasteiger partial charge is 0.146 e. The van der Waals surface area contributed by atoms with Crippen LogP contribution < -0.4 is 0 Å². The van der Waals surface area contributed by atoms with Crippen molar-refractivity contribution in [2.45, 2.75) is 338 Å². The molecular formula is C75H156N10O6S. The number of likely N-dealkylation sites (tertiary alicyclic amines) is 7. The van der Waals surface area contributed by atoms with Crippen LogP contribution in [0.1, 0.15) is 242 Å². The van der Waals surface area contributed by atoms with Crippen molar-refractivity contribution in [3.8, 4) is 0 Å². The first-order valence-electron chi connectivity index (χ1n) is 38.1. The quantitative estimate of drug-likeness (QED) is 0.149. The molecule has 10 fully saturated rings. The molecule has 0 aromatic carbocycles. The second-order valence-electron chi connectivity index (χ2n) is 30.6. The first-order valence-corrected chi connectivity index (χ1v) is 39.3. The van der Waals surface area contributed by atoms with Crippen LogP contribution in [0, 0.1) is 0 Å². The van der Waals surface area contributed by atoms with Gasteiger partial charge in [0.25, 0.3) is 0 Å². The highest BCUT2D eigenvalue weighted by Gasteiger charge is 2.35. The monoisotopic (exact) mass is 1330 g/mol. The number of nitrogens with zero attached hydrogens (tertiary/aromatic N) is 10. The number of β-amino-alcohol motifs (C(OH)–C–C–N with tert-alkyl or cyclic N) is 1. The van der Waals surface area contributed by atoms with Crippen molar-refractivity contribution in [2.24, 2.45) is 0 Å². The topological polar surface area (TPSA) is 107 Å². The van der Waals surface area contributed by atoms with Gasteiger partial charge in [0, 0.05) is 137 Å². The molecule has 0 radical (unpaired) electrons. The van der Waals surface area contributed by atoms with Gasteiger partial charge in [0.05, 0.1) is 51.7 Å². The molecule has 1 unspecified atom stereocenters. The number of aliphatic hydroxyl groups is 1. The first-order chi connectivity index (χ1) is 43.7. The zero-order chi connectivity index (χ0) is 68.9. The molecule has 0 aromatic rings. The Hall–Kier alpha value is -0.580. The summed E-state index contributed by atoms with van der Waals surface area (Å²) in [6, 6.07) is 9.91. The number of Topliss-reactive ketones (excluding diaryl/α,β-unsaturated/α-hetero) is 1. The van der Waals surface area contributed by atoms with Crippen LogP contribution in [0.2, 0.25) is 0 Å². The summed E-state index contributed by atoms with van der Waals surface area (Å²) in [5.74, 6) is 2.91. The van der Waals surface area contributed by atoms with Crippen LogP contribution in [-0.4, -0.2) is 301 Å². The predicted molar refractivity (Wildman–Crippen MR) is 396 cm³/mol. The van der Waals surface area contributed by atoms with Crippen molar-refractivity contribution >= 4 is 17.5 Å². The number of rotatable bonds is 17. The minimum Gasteiger partial charge on any atom is -0.389 e. The molecule has 16 nitrogen and oxygen atoms in total. The highest BCUT2D eigenvalue weighted by molar-refractivity contribution is 7.99. The van der Waals surface area contributed by atoms with Crippen molar-refractivity contribution in [3.05, 3.63) is 0 Å². The molecule has 7 atom stereocenters. The van der Waals surface area contributed by atoms with Crippen molar-refractivity contribution in [3.63, 3.8) is 0 Å². The molecule has 0 saturated carbocycles. The molecule has 10 aliphatic heterocycles. The summed E-state index contributed by atoms with van der Waals surface area (Å²) in [5.41, 5.74) is 0. The van der Waals surface area contributed by atoms with Crippen LogP contribution in [-0.2, 0) is 23.8 Å². The standard InChI is InChI=1S/C12H24N2.C11H23NO2.C9H17NO.C9H19N.C8H17N.C7H15NO.C7H15N.C6H13NO2.C6H13NS/c1-11(2)14-9-5-6-12(14)10-13-7-3-4-8-13;1-9(2)12-10(7-13-3)5-6-11(12)8-14-4;1-7(2)10-6-4-5-9(10)8(3)11;1-4-9-6-5-7-10(9)8(2)3;1-7(2)9-6-4-5-8(9)3;1-7(2)8-3-5-9-6-4-8;1-7(2)8-5-3-4-6-8;1-5(2)7-3-6(8)4-9-7;1-6(2)7-3-4-8-5-7/h11-12H,3-10H2,1-2H3;9-11H,5-8H2,1-4H3;7,9H,4-6H2,1-3H3;8-9H,4-7H2,1-3H3;7-8H,4-6H2,1-3H3;7H,3-6H2,1-2H3;7H,3-6H2,1-2H3;5-6,8H,3-4H2,1-2H3;6H,3-5H2,1-2H3/t12-;10-,11-;2*9-;8-;;;;/m00011..../s1. The Morgan fingerprint density at radius 3 is 1.27 bits per heavy atom. The van der Waals surface area contributed by atoms with E-state index in [1.807, 2.05) is 25.6 Å². The fourth-order valence-corrected chi connectivity index (χ4v) is 16.3. The number of methoxy groups -OCH3 is 2. The van der Waals surface area contributed by atoms with Gasteiger partial charge in [-0.15, -0.1) is 11.8 Å². The Balaban J connectivity index is 0.000000355. The molecule has 548 valence electrons. The van der Waals surface area contributed by atoms with Crippen molar-refractivity contribution < 1.29 is 28.9 Å². The van der Waals surface area contributed by atoms with E-state index in [9.17, 15) is 4.79 Å². The van der Waals surface area contributed by atoms with Crippen LogP contribution in [0.5, 0.6) is 0 Å². The van der Waals surface area contributed by atoms with Gasteiger partial charge in [-0.05, 0) is 287 Å². The lowest BCUT2D eigenvalue weighted by Gasteiger charge is -2.33. The van der Waals surface area contributed by atoms with Crippen LogP contribution in [0.25, 0.3) is 0 Å². The van der Waals surface area contributed by atoms with E-state index in [2.05, 4.69) is 169 Å². The molecule has 10 heterocycles. The zero-order valence-electron chi connectivity index (χ0n) is 64.9. The molecule has 10 saturated heterocycles. The first kappa shape index (κ1) is 87.5. The SMILES string of the molecule is CC(=O)[C@@H]1CCCN1C(C)C.CC(C)N1CC(O)CO1.CC(C)N1CCCC1.CC(C)N1CCC[C@H]1C.CC(C)N1CCC[C@H]1CN1CCCC1.CC(C)N1CCOCC1.CC(C)N1CCSC1.CC[C@@H]1CCCN1C(C)C.COC[C@@H]1CC[C@@H](COC)N1C(C)C. The molecule has 0 bridgehead atoms. The second-order valence-corrected chi connectivity index (χ2v) is 31.7. The van der Waals surface area contributed by atoms with Crippen molar-refractivity contribution in [2.75, 3.05) is 144 Å². The Kier molecular flexibility index (Phi) is 47.4. The maximum absolute atomic E-state index is 11.1. The van der Waals surface area contributed by atoms with Gasteiger partial charge in [0.15, 0.2) is 0 Å². The third-order valence-electron chi connectivity index (χ3n) is 20.6. The number of hydroxylamine groups is 2. The summed E-state index contributed by atoms with van der Waals surface area (Å²) in [5, 5.41) is 10.8. The number of carbonyl (C=O) groups is 1. The Labute approximate surface area is 575 Å². The van der Waals surface area contributed by atoms with Crippen LogP contribution >= 0.6 is 11.8 Å². The van der Waals surface area contributed by atoms with Gasteiger partial charge in [-0.1, -0.05) is 6.92 Å². The number of thioether (sulfide) groups is 1. The van der Waals surface area contributed by atoms with Gasteiger partial charge in [0.2, 0.25) is 0 Å². The summed E-state index contributed by atoms with van der Waals surface area (Å²) >= 11 is 2.04. The molecule has 10 rings (SSSR count). The molecule has 92 heavy (non-hydrogen) atoms. The maximum atomic E-state index is 11.1. The van der Waals surface area contributed by atoms with Crippen molar-refractivity contribution in [1.82, 2.24) is 49.2 Å². The van der Waals surface area contributed by atoms with E-state index in [1.165, 1.54) is 160 Å². The molecule has 0 aromatic heterocycles. The largest absolute Gasteiger partial charge is 0.389 e. The van der Waals surface area contributed by atoms with E-state index in [1.54, 1.807) is 26.2 Å². The predicted octanol–water partition coefficient (Wildman–Crippen LogP) is 12.7. The van der Waals surface area contributed by atoms with Crippen LogP contribution in [0.15, 0.2) is 0 Å². The second kappa shape index (κ2) is 49.9. The lowest BCUT2D eigenvalue weighted by Crippen LogP contribution is -2.44. The lowest BCUT2D eigenvalue weighted by molar-refractivity contribution is -0.132. The highest BCUT2D eigenvalue weighted by atomic mass is 32.2. The van der Waals surface area contributed by atoms with E-state index in [0.29, 0.717) is 55.2 Å². The highest BCUT2D eigenvalue weighted by Crippen LogP contribution is 2.28. The normalized spacial score (nSPS) is 27.4. The Morgan fingerprint density at radius 1 is 0.489 bits per heavy atom. The van der Waals surface area contributed by atoms with E-state index >= 15 is 0 Å². The Bertz CT molecular complexity index is 1720. The molecule has 0 spiro atoms. The van der Waals surface area contributed by atoms with Crippen LogP contribution in [0.3, 0.4) is 0 Å². The minimum absolute atomic E-state index is 0.218. The van der Waals surface area contributed by atoms with E-state index in [-0.39, 0.29) is 12.1 Å². The molecule has 17 heteroatoms. The number of ketones is 1. The molecular weight excluding hydrogens is 1170 g/mol. The number of aliphatic hydroxyl groups excluding tert-OH is 1. The molecule has 0 aliphatic carbocycles. The number of hydrogen-bond donors (Lipinski definition) is 1. The average Bonchev–Trinajstić information content (AvgIpc) is 1.82. The van der Waals surface area contributed by atoms with Gasteiger partial charge in [-0.3, -0.25) is 43.9 Å². The molecule has 1 N–H and O–H groups in total. The van der Waals surface area contributed by atoms with Gasteiger partial charge >= 0.3 is 0 Å². The maximum Gasteiger partial charge on any atom is 0.146 e. The average molecular weight is 1330 g/mol. The van der Waals surface area contributed by atoms with Gasteiger partial charge < -0.3 is 29.1 Å². The summed E-state index contributed by atoms with van der Waals surface area (Å²) in [7, 11) is 3.56. The third kappa shape index (κ3) is 34.5. The fourth-order valence-electron chi connectivity index (χ4n) is 15.1. The van der Waals surface area contributed by atoms with E-state index in [0.717, 1.165) is 101 Å². The summed E-state index contributed by atoms with van der Waals surface area (Å²) in [6.45, 7) is 66.4. The van der Waals surface area contributed by atoms with E-state index in [4.69, 9.17) is 24.2 Å². The Morgan fingerprint density at radius 2 is 0.946 bits per heavy atom. The number of ether oxygens (including phenoxy) is 3. The van der Waals surface area contributed by atoms with E-state index < -0.39 is 0 Å². The molecule has 10 aliphatic rings.